The summed E-state index contributed by atoms with van der Waals surface area (Å²) >= 11 is 0. The molecule has 0 aliphatic heterocycles. The molecule has 0 radical (unpaired) electrons. The Kier molecular flexibility index (Phi) is 5.52. The molecular formula is C14H22N4O2. The predicted molar refractivity (Wildman–Crippen MR) is 79.2 cm³/mol. The lowest BCUT2D eigenvalue weighted by atomic mass is 10.1. The Morgan fingerprint density at radius 3 is 2.30 bits per heavy atom. The van der Waals surface area contributed by atoms with Gasteiger partial charge < -0.3 is 16.1 Å². The van der Waals surface area contributed by atoms with Gasteiger partial charge in [-0.15, -0.1) is 0 Å². The number of carbonyl (C=O) groups excluding carboxylic acids is 2. The number of hydrogen-bond acceptors (Lipinski definition) is 4. The molecule has 0 aromatic heterocycles. The highest BCUT2D eigenvalue weighted by atomic mass is 16.2. The SMILES string of the molecule is Cc1cc(NN)ccc1C(=O)NC(C)C(=O)NC(C)C. The van der Waals surface area contributed by atoms with Crippen LogP contribution in [0.3, 0.4) is 0 Å². The van der Waals surface area contributed by atoms with Crippen LogP contribution < -0.4 is 21.9 Å². The van der Waals surface area contributed by atoms with Crippen LogP contribution in [-0.4, -0.2) is 23.9 Å². The molecule has 1 unspecified atom stereocenters. The van der Waals surface area contributed by atoms with Crippen molar-refractivity contribution in [2.45, 2.75) is 39.8 Å². The van der Waals surface area contributed by atoms with E-state index in [9.17, 15) is 9.59 Å². The summed E-state index contributed by atoms with van der Waals surface area (Å²) in [5.74, 6) is 4.83. The quantitative estimate of drug-likeness (QED) is 0.476. The third-order valence-corrected chi connectivity index (χ3v) is 2.81. The first kappa shape index (κ1) is 16.0. The van der Waals surface area contributed by atoms with E-state index < -0.39 is 6.04 Å². The van der Waals surface area contributed by atoms with Crippen molar-refractivity contribution in [3.05, 3.63) is 29.3 Å². The Hall–Kier alpha value is -2.08. The molecule has 1 rings (SSSR count). The summed E-state index contributed by atoms with van der Waals surface area (Å²) in [5.41, 5.74) is 4.55. The Balaban J connectivity index is 2.74. The normalized spacial score (nSPS) is 11.9. The third kappa shape index (κ3) is 4.24. The van der Waals surface area contributed by atoms with E-state index in [1.807, 2.05) is 20.8 Å². The summed E-state index contributed by atoms with van der Waals surface area (Å²) in [6.07, 6.45) is 0. The molecule has 0 bridgehead atoms. The van der Waals surface area contributed by atoms with Crippen LogP contribution in [0.5, 0.6) is 0 Å². The first-order valence-electron chi connectivity index (χ1n) is 6.53. The maximum atomic E-state index is 12.1. The number of anilines is 1. The van der Waals surface area contributed by atoms with Crippen molar-refractivity contribution < 1.29 is 9.59 Å². The Bertz CT molecular complexity index is 500. The average molecular weight is 278 g/mol. The summed E-state index contributed by atoms with van der Waals surface area (Å²) in [4.78, 5) is 23.9. The number of nitrogen functional groups attached to an aromatic ring is 1. The van der Waals surface area contributed by atoms with Gasteiger partial charge in [0.15, 0.2) is 0 Å². The molecule has 0 heterocycles. The maximum Gasteiger partial charge on any atom is 0.252 e. The van der Waals surface area contributed by atoms with Gasteiger partial charge in [0.05, 0.1) is 0 Å². The van der Waals surface area contributed by atoms with Gasteiger partial charge in [-0.1, -0.05) is 0 Å². The van der Waals surface area contributed by atoms with Crippen molar-refractivity contribution in [2.75, 3.05) is 5.43 Å². The van der Waals surface area contributed by atoms with Gasteiger partial charge in [0, 0.05) is 17.3 Å². The molecule has 0 saturated heterocycles. The van der Waals surface area contributed by atoms with Crippen LogP contribution in [0.25, 0.3) is 0 Å². The van der Waals surface area contributed by atoms with Crippen LogP contribution in [0.4, 0.5) is 5.69 Å². The summed E-state index contributed by atoms with van der Waals surface area (Å²) in [6, 6.07) is 4.61. The smallest absolute Gasteiger partial charge is 0.252 e. The van der Waals surface area contributed by atoms with E-state index in [4.69, 9.17) is 5.84 Å². The van der Waals surface area contributed by atoms with Gasteiger partial charge >= 0.3 is 0 Å². The fourth-order valence-corrected chi connectivity index (χ4v) is 1.76. The summed E-state index contributed by atoms with van der Waals surface area (Å²) in [5, 5.41) is 5.43. The molecule has 0 aliphatic rings. The lowest BCUT2D eigenvalue weighted by Gasteiger charge is -2.17. The zero-order valence-electron chi connectivity index (χ0n) is 12.3. The number of carbonyl (C=O) groups is 2. The fraction of sp³-hybridized carbons (Fsp3) is 0.429. The molecule has 20 heavy (non-hydrogen) atoms. The van der Waals surface area contributed by atoms with Crippen LogP contribution in [0.1, 0.15) is 36.7 Å². The van der Waals surface area contributed by atoms with Crippen LogP contribution in [0.15, 0.2) is 18.2 Å². The Morgan fingerprint density at radius 1 is 1.15 bits per heavy atom. The minimum atomic E-state index is -0.586. The van der Waals surface area contributed by atoms with E-state index in [1.54, 1.807) is 25.1 Å². The van der Waals surface area contributed by atoms with Gasteiger partial charge in [-0.3, -0.25) is 15.4 Å². The molecule has 0 saturated carbocycles. The molecule has 5 N–H and O–H groups in total. The Labute approximate surface area is 119 Å². The molecule has 6 heteroatoms. The van der Waals surface area contributed by atoms with E-state index in [0.29, 0.717) is 5.56 Å². The van der Waals surface area contributed by atoms with E-state index in [-0.39, 0.29) is 17.9 Å². The number of rotatable bonds is 5. The summed E-state index contributed by atoms with van der Waals surface area (Å²) in [6.45, 7) is 7.21. The van der Waals surface area contributed by atoms with Crippen LogP contribution in [0.2, 0.25) is 0 Å². The molecule has 0 spiro atoms. The highest BCUT2D eigenvalue weighted by molar-refractivity contribution is 5.98. The minimum absolute atomic E-state index is 0.0403. The largest absolute Gasteiger partial charge is 0.352 e. The van der Waals surface area contributed by atoms with Gasteiger partial charge in [-0.05, 0) is 51.5 Å². The van der Waals surface area contributed by atoms with E-state index in [2.05, 4.69) is 16.1 Å². The molecule has 2 amide bonds. The fourth-order valence-electron chi connectivity index (χ4n) is 1.76. The second-order valence-electron chi connectivity index (χ2n) is 5.03. The highest BCUT2D eigenvalue weighted by Crippen LogP contribution is 2.14. The summed E-state index contributed by atoms with van der Waals surface area (Å²) < 4.78 is 0. The Morgan fingerprint density at radius 2 is 1.80 bits per heavy atom. The predicted octanol–water partition coefficient (Wildman–Crippen LogP) is 0.924. The molecule has 1 aromatic rings. The standard InChI is InChI=1S/C14H22N4O2/c1-8(2)16-13(19)10(4)17-14(20)12-6-5-11(18-15)7-9(12)3/h5-8,10,18H,15H2,1-4H3,(H,16,19)(H,17,20). The zero-order chi connectivity index (χ0) is 15.3. The van der Waals surface area contributed by atoms with Gasteiger partial charge in [0.2, 0.25) is 5.91 Å². The molecule has 1 atom stereocenters. The number of amides is 2. The minimum Gasteiger partial charge on any atom is -0.352 e. The topological polar surface area (TPSA) is 96.2 Å². The lowest BCUT2D eigenvalue weighted by molar-refractivity contribution is -0.123. The van der Waals surface area contributed by atoms with Gasteiger partial charge in [-0.25, -0.2) is 0 Å². The van der Waals surface area contributed by atoms with Crippen molar-refractivity contribution >= 4 is 17.5 Å². The maximum absolute atomic E-state index is 12.1. The highest BCUT2D eigenvalue weighted by Gasteiger charge is 2.18. The lowest BCUT2D eigenvalue weighted by Crippen LogP contribution is -2.46. The number of nitrogens with one attached hydrogen (secondary N) is 3. The monoisotopic (exact) mass is 278 g/mol. The van der Waals surface area contributed by atoms with Crippen molar-refractivity contribution in [3.63, 3.8) is 0 Å². The zero-order valence-corrected chi connectivity index (χ0v) is 12.3. The van der Waals surface area contributed by atoms with Crippen molar-refractivity contribution in [1.29, 1.82) is 0 Å². The van der Waals surface area contributed by atoms with Gasteiger partial charge in [0.1, 0.15) is 6.04 Å². The van der Waals surface area contributed by atoms with Crippen molar-refractivity contribution in [2.24, 2.45) is 5.84 Å². The molecule has 1 aromatic carbocycles. The van der Waals surface area contributed by atoms with Crippen LogP contribution in [0, 0.1) is 6.92 Å². The van der Waals surface area contributed by atoms with E-state index in [1.165, 1.54) is 0 Å². The first-order chi connectivity index (χ1) is 9.35. The second kappa shape index (κ2) is 6.91. The molecule has 0 fully saturated rings. The van der Waals surface area contributed by atoms with Crippen molar-refractivity contribution in [3.8, 4) is 0 Å². The van der Waals surface area contributed by atoms with Crippen LogP contribution in [-0.2, 0) is 4.79 Å². The second-order valence-corrected chi connectivity index (χ2v) is 5.03. The molecular weight excluding hydrogens is 256 g/mol. The third-order valence-electron chi connectivity index (χ3n) is 2.81. The molecule has 0 aliphatic carbocycles. The molecule has 110 valence electrons. The van der Waals surface area contributed by atoms with E-state index in [0.717, 1.165) is 11.3 Å². The number of hydrogen-bond donors (Lipinski definition) is 4. The van der Waals surface area contributed by atoms with Gasteiger partial charge in [-0.2, -0.15) is 0 Å². The van der Waals surface area contributed by atoms with E-state index >= 15 is 0 Å². The summed E-state index contributed by atoms with van der Waals surface area (Å²) in [7, 11) is 0. The van der Waals surface area contributed by atoms with Crippen molar-refractivity contribution in [1.82, 2.24) is 10.6 Å². The van der Waals surface area contributed by atoms with Gasteiger partial charge in [0.25, 0.3) is 5.91 Å². The average Bonchev–Trinajstić information content (AvgIpc) is 2.37. The number of aryl methyl sites for hydroxylation is 1. The first-order valence-corrected chi connectivity index (χ1v) is 6.53. The van der Waals surface area contributed by atoms with Crippen LogP contribution >= 0.6 is 0 Å². The molecule has 6 nitrogen and oxygen atoms in total. The number of hydrazine groups is 1. The number of nitrogens with two attached hydrogens (primary N) is 1. The number of benzene rings is 1.